The van der Waals surface area contributed by atoms with E-state index < -0.39 is 23.2 Å². The van der Waals surface area contributed by atoms with Gasteiger partial charge in [0.15, 0.2) is 10.8 Å². The first kappa shape index (κ1) is 21.3. The lowest BCUT2D eigenvalue weighted by Gasteiger charge is -2.30. The van der Waals surface area contributed by atoms with Crippen LogP contribution < -0.4 is 15.8 Å². The first-order valence-corrected chi connectivity index (χ1v) is 10.6. The molecule has 164 valence electrons. The molecule has 0 spiro atoms. The Hall–Kier alpha value is -2.95. The van der Waals surface area contributed by atoms with Gasteiger partial charge in [0.2, 0.25) is 5.91 Å². The standard InChI is InChI=1S/C20H20F3N5O2S/c1-12-4-3-7-27(9-12)19-26-17-16(31-19)18(30)28(11-24-17)10-15(29)25-14-6-2-5-13(8-14)20(21,22)23/h2,5-6,8,11-12H,3-4,7,9-10H2,1H3,(H,25,29). The molecule has 3 aromatic rings. The highest BCUT2D eigenvalue weighted by atomic mass is 32.1. The molecule has 1 amide bonds. The topological polar surface area (TPSA) is 80.1 Å². The van der Waals surface area contributed by atoms with Crippen LogP contribution in [0.1, 0.15) is 25.3 Å². The maximum Gasteiger partial charge on any atom is 0.416 e. The Bertz CT molecular complexity index is 1170. The molecule has 1 unspecified atom stereocenters. The second kappa shape index (κ2) is 8.29. The molecule has 1 aliphatic rings. The summed E-state index contributed by atoms with van der Waals surface area (Å²) in [7, 11) is 0. The number of nitrogens with zero attached hydrogens (tertiary/aromatic N) is 4. The van der Waals surface area contributed by atoms with Gasteiger partial charge in [-0.05, 0) is 37.0 Å². The molecule has 0 aliphatic carbocycles. The number of alkyl halides is 3. The van der Waals surface area contributed by atoms with E-state index in [4.69, 9.17) is 0 Å². The highest BCUT2D eigenvalue weighted by Crippen LogP contribution is 2.31. The maximum absolute atomic E-state index is 12.8. The van der Waals surface area contributed by atoms with Crippen molar-refractivity contribution in [2.24, 2.45) is 5.92 Å². The molecule has 0 bridgehead atoms. The SMILES string of the molecule is CC1CCCN(c2nc3ncn(CC(=O)Nc4cccc(C(F)(F)F)c4)c(=O)c3s2)C1. The lowest BCUT2D eigenvalue weighted by molar-refractivity contribution is -0.137. The Morgan fingerprint density at radius 1 is 1.35 bits per heavy atom. The molecular formula is C20H20F3N5O2S. The van der Waals surface area contributed by atoms with Gasteiger partial charge >= 0.3 is 6.18 Å². The largest absolute Gasteiger partial charge is 0.416 e. The van der Waals surface area contributed by atoms with Crippen LogP contribution in [0.15, 0.2) is 35.4 Å². The zero-order valence-electron chi connectivity index (χ0n) is 16.6. The number of piperidine rings is 1. The lowest BCUT2D eigenvalue weighted by atomic mass is 10.0. The third kappa shape index (κ3) is 4.71. The van der Waals surface area contributed by atoms with Crippen LogP contribution in [0.2, 0.25) is 0 Å². The molecule has 1 N–H and O–H groups in total. The van der Waals surface area contributed by atoms with Crippen LogP contribution in [-0.2, 0) is 17.5 Å². The van der Waals surface area contributed by atoms with Crippen molar-refractivity contribution < 1.29 is 18.0 Å². The van der Waals surface area contributed by atoms with Crippen LogP contribution in [-0.4, -0.2) is 33.5 Å². The van der Waals surface area contributed by atoms with Gasteiger partial charge in [0.05, 0.1) is 5.56 Å². The summed E-state index contributed by atoms with van der Waals surface area (Å²) in [5.41, 5.74) is -0.938. The molecule has 1 fully saturated rings. The average molecular weight is 451 g/mol. The Morgan fingerprint density at radius 3 is 2.90 bits per heavy atom. The van der Waals surface area contributed by atoms with Crippen LogP contribution in [0.4, 0.5) is 24.0 Å². The summed E-state index contributed by atoms with van der Waals surface area (Å²) in [4.78, 5) is 35.9. The fraction of sp³-hybridized carbons (Fsp3) is 0.400. The number of rotatable bonds is 4. The fourth-order valence-corrected chi connectivity index (χ4v) is 4.58. The zero-order valence-corrected chi connectivity index (χ0v) is 17.5. The second-order valence-corrected chi connectivity index (χ2v) is 8.62. The van der Waals surface area contributed by atoms with E-state index in [1.54, 1.807) is 0 Å². The number of hydrogen-bond acceptors (Lipinski definition) is 6. The monoisotopic (exact) mass is 451 g/mol. The quantitative estimate of drug-likeness (QED) is 0.654. The molecule has 11 heteroatoms. The number of hydrogen-bond donors (Lipinski definition) is 1. The summed E-state index contributed by atoms with van der Waals surface area (Å²) < 4.78 is 40.0. The number of halogens is 3. The maximum atomic E-state index is 12.8. The smallest absolute Gasteiger partial charge is 0.348 e. The minimum absolute atomic E-state index is 0.00112. The second-order valence-electron chi connectivity index (χ2n) is 7.65. The number of nitrogens with one attached hydrogen (secondary N) is 1. The van der Waals surface area contributed by atoms with Crippen molar-refractivity contribution in [1.82, 2.24) is 14.5 Å². The van der Waals surface area contributed by atoms with Gasteiger partial charge in [0.25, 0.3) is 5.56 Å². The number of carbonyl (C=O) groups excluding carboxylic acids is 1. The normalized spacial score (nSPS) is 17.2. The Balaban J connectivity index is 1.51. The number of thiazole rings is 1. The number of aromatic nitrogens is 3. The molecule has 4 rings (SSSR count). The van der Waals surface area contributed by atoms with E-state index in [1.165, 1.54) is 29.8 Å². The number of anilines is 2. The van der Waals surface area contributed by atoms with Crippen LogP contribution >= 0.6 is 11.3 Å². The van der Waals surface area contributed by atoms with E-state index in [0.29, 0.717) is 16.3 Å². The van der Waals surface area contributed by atoms with Crippen molar-refractivity contribution >= 4 is 38.4 Å². The van der Waals surface area contributed by atoms with E-state index >= 15 is 0 Å². The van der Waals surface area contributed by atoms with Gasteiger partial charge < -0.3 is 10.2 Å². The minimum Gasteiger partial charge on any atom is -0.348 e. The minimum atomic E-state index is -4.51. The molecule has 2 aromatic heterocycles. The molecule has 1 atom stereocenters. The van der Waals surface area contributed by atoms with E-state index in [9.17, 15) is 22.8 Å². The number of amides is 1. The van der Waals surface area contributed by atoms with E-state index in [-0.39, 0.29) is 12.2 Å². The van der Waals surface area contributed by atoms with Gasteiger partial charge in [-0.25, -0.2) is 4.98 Å². The Labute approximate surface area is 179 Å². The molecule has 0 radical (unpaired) electrons. The summed E-state index contributed by atoms with van der Waals surface area (Å²) >= 11 is 1.24. The predicted molar refractivity (Wildman–Crippen MR) is 112 cm³/mol. The molecular weight excluding hydrogens is 431 g/mol. The number of benzene rings is 1. The zero-order chi connectivity index (χ0) is 22.2. The fourth-order valence-electron chi connectivity index (χ4n) is 3.57. The highest BCUT2D eigenvalue weighted by molar-refractivity contribution is 7.22. The third-order valence-electron chi connectivity index (χ3n) is 5.09. The van der Waals surface area contributed by atoms with Gasteiger partial charge in [-0.3, -0.25) is 14.2 Å². The molecule has 1 aliphatic heterocycles. The summed E-state index contributed by atoms with van der Waals surface area (Å²) in [6.07, 6.45) is -1.06. The van der Waals surface area contributed by atoms with Crippen LogP contribution in [0.3, 0.4) is 0 Å². The van der Waals surface area contributed by atoms with Crippen LogP contribution in [0.25, 0.3) is 10.3 Å². The highest BCUT2D eigenvalue weighted by Gasteiger charge is 2.30. The van der Waals surface area contributed by atoms with Crippen molar-refractivity contribution in [2.45, 2.75) is 32.5 Å². The molecule has 0 saturated carbocycles. The van der Waals surface area contributed by atoms with Gasteiger partial charge in [0.1, 0.15) is 17.6 Å². The van der Waals surface area contributed by atoms with Crippen molar-refractivity contribution in [3.63, 3.8) is 0 Å². The summed E-state index contributed by atoms with van der Waals surface area (Å²) in [6, 6.07) is 4.32. The van der Waals surface area contributed by atoms with E-state index in [2.05, 4.69) is 27.1 Å². The van der Waals surface area contributed by atoms with Crippen LogP contribution in [0, 0.1) is 5.92 Å². The molecule has 7 nitrogen and oxygen atoms in total. The Morgan fingerprint density at radius 2 is 2.16 bits per heavy atom. The van der Waals surface area contributed by atoms with E-state index in [1.807, 2.05) is 0 Å². The number of fused-ring (bicyclic) bond motifs is 1. The van der Waals surface area contributed by atoms with Gasteiger partial charge in [0, 0.05) is 18.8 Å². The van der Waals surface area contributed by atoms with Crippen molar-refractivity contribution in [1.29, 1.82) is 0 Å². The Kier molecular flexibility index (Phi) is 5.69. The summed E-state index contributed by atoms with van der Waals surface area (Å²) in [5.74, 6) is -0.0814. The number of carbonyl (C=O) groups is 1. The third-order valence-corrected chi connectivity index (χ3v) is 6.18. The van der Waals surface area contributed by atoms with Gasteiger partial charge in [-0.1, -0.05) is 24.3 Å². The first-order valence-electron chi connectivity index (χ1n) is 9.79. The lowest BCUT2D eigenvalue weighted by Crippen LogP contribution is -2.34. The summed E-state index contributed by atoms with van der Waals surface area (Å²) in [6.45, 7) is 3.55. The first-order chi connectivity index (χ1) is 14.7. The molecule has 3 heterocycles. The van der Waals surface area contributed by atoms with Gasteiger partial charge in [-0.2, -0.15) is 18.2 Å². The van der Waals surface area contributed by atoms with Crippen molar-refractivity contribution in [3.8, 4) is 0 Å². The predicted octanol–water partition coefficient (Wildman–Crippen LogP) is 3.75. The molecule has 1 saturated heterocycles. The average Bonchev–Trinajstić information content (AvgIpc) is 3.15. The molecule has 1 aromatic carbocycles. The van der Waals surface area contributed by atoms with Crippen LogP contribution in [0.5, 0.6) is 0 Å². The summed E-state index contributed by atoms with van der Waals surface area (Å²) in [5, 5.41) is 3.13. The molecule has 31 heavy (non-hydrogen) atoms. The van der Waals surface area contributed by atoms with Gasteiger partial charge in [-0.15, -0.1) is 0 Å². The van der Waals surface area contributed by atoms with Crippen molar-refractivity contribution in [2.75, 3.05) is 23.3 Å². The van der Waals surface area contributed by atoms with E-state index in [0.717, 1.165) is 47.8 Å². The van der Waals surface area contributed by atoms with Crippen molar-refractivity contribution in [3.05, 3.63) is 46.5 Å².